The highest BCUT2D eigenvalue weighted by atomic mass is 32.2. The lowest BCUT2D eigenvalue weighted by molar-refractivity contribution is -0.123. The highest BCUT2D eigenvalue weighted by Crippen LogP contribution is 2.19. The largest absolute Gasteiger partial charge is 0.484 e. The van der Waals surface area contributed by atoms with Crippen molar-refractivity contribution in [3.8, 4) is 5.75 Å². The van der Waals surface area contributed by atoms with Crippen molar-refractivity contribution in [1.29, 1.82) is 0 Å². The van der Waals surface area contributed by atoms with Crippen molar-refractivity contribution in [2.45, 2.75) is 31.7 Å². The number of amides is 1. The van der Waals surface area contributed by atoms with Crippen LogP contribution in [0.1, 0.15) is 29.7 Å². The van der Waals surface area contributed by atoms with Gasteiger partial charge in [0.15, 0.2) is 6.61 Å². The Morgan fingerprint density at radius 3 is 2.56 bits per heavy atom. The van der Waals surface area contributed by atoms with Crippen LogP contribution in [0.15, 0.2) is 47.4 Å². The van der Waals surface area contributed by atoms with Crippen LogP contribution >= 0.6 is 0 Å². The SMILES string of the molecule is Cc1ccc(OCC(=O)NC(C)c2cccc(S(N)(=O)=O)c2)c(C)c1. The van der Waals surface area contributed by atoms with Crippen LogP contribution in [0.4, 0.5) is 0 Å². The molecular weight excluding hydrogens is 340 g/mol. The number of carbonyl (C=O) groups excluding carboxylic acids is 1. The zero-order chi connectivity index (χ0) is 18.6. The molecule has 0 radical (unpaired) electrons. The van der Waals surface area contributed by atoms with Crippen molar-refractivity contribution < 1.29 is 17.9 Å². The summed E-state index contributed by atoms with van der Waals surface area (Å²) in [6.07, 6.45) is 0. The first-order chi connectivity index (χ1) is 11.7. The van der Waals surface area contributed by atoms with Gasteiger partial charge in [0, 0.05) is 0 Å². The molecule has 0 heterocycles. The molecule has 1 unspecified atom stereocenters. The molecule has 0 aliphatic rings. The third kappa shape index (κ3) is 5.30. The predicted molar refractivity (Wildman–Crippen MR) is 95.8 cm³/mol. The van der Waals surface area contributed by atoms with Gasteiger partial charge in [0.05, 0.1) is 10.9 Å². The summed E-state index contributed by atoms with van der Waals surface area (Å²) in [5.41, 5.74) is 2.73. The summed E-state index contributed by atoms with van der Waals surface area (Å²) >= 11 is 0. The fourth-order valence-corrected chi connectivity index (χ4v) is 3.00. The summed E-state index contributed by atoms with van der Waals surface area (Å²) < 4.78 is 28.4. The van der Waals surface area contributed by atoms with Gasteiger partial charge in [0.1, 0.15) is 5.75 Å². The van der Waals surface area contributed by atoms with Crippen LogP contribution in [-0.4, -0.2) is 20.9 Å². The maximum Gasteiger partial charge on any atom is 0.258 e. The molecule has 134 valence electrons. The number of nitrogens with one attached hydrogen (secondary N) is 1. The fraction of sp³-hybridized carbons (Fsp3) is 0.278. The number of aryl methyl sites for hydroxylation is 2. The molecule has 6 nitrogen and oxygen atoms in total. The molecule has 1 amide bonds. The van der Waals surface area contributed by atoms with Crippen LogP contribution in [0, 0.1) is 13.8 Å². The average molecular weight is 362 g/mol. The number of rotatable bonds is 6. The Hall–Kier alpha value is -2.38. The van der Waals surface area contributed by atoms with Gasteiger partial charge < -0.3 is 10.1 Å². The lowest BCUT2D eigenvalue weighted by Gasteiger charge is -2.16. The van der Waals surface area contributed by atoms with Crippen LogP contribution in [0.2, 0.25) is 0 Å². The summed E-state index contributed by atoms with van der Waals surface area (Å²) in [6, 6.07) is 11.5. The second-order valence-electron chi connectivity index (χ2n) is 5.96. The summed E-state index contributed by atoms with van der Waals surface area (Å²) in [5.74, 6) is 0.359. The standard InChI is InChI=1S/C18H22N2O4S/c1-12-7-8-17(13(2)9-12)24-11-18(21)20-14(3)15-5-4-6-16(10-15)25(19,22)23/h4-10,14H,11H2,1-3H3,(H,20,21)(H2,19,22,23). The predicted octanol–water partition coefficient (Wildman–Crippen LogP) is 2.21. The lowest BCUT2D eigenvalue weighted by Crippen LogP contribution is -2.31. The number of hydrogen-bond donors (Lipinski definition) is 2. The van der Waals surface area contributed by atoms with E-state index in [-0.39, 0.29) is 23.5 Å². The molecule has 0 aliphatic heterocycles. The molecule has 1 atom stereocenters. The van der Waals surface area contributed by atoms with Gasteiger partial charge in [-0.2, -0.15) is 0 Å². The van der Waals surface area contributed by atoms with Crippen LogP contribution in [0.25, 0.3) is 0 Å². The first-order valence-electron chi connectivity index (χ1n) is 7.79. The summed E-state index contributed by atoms with van der Waals surface area (Å²) in [6.45, 7) is 5.54. The van der Waals surface area contributed by atoms with Gasteiger partial charge in [-0.25, -0.2) is 13.6 Å². The minimum absolute atomic E-state index is 0.0117. The first kappa shape index (κ1) is 19.0. The summed E-state index contributed by atoms with van der Waals surface area (Å²) in [7, 11) is -3.78. The van der Waals surface area contributed by atoms with Crippen molar-refractivity contribution in [2.24, 2.45) is 5.14 Å². The average Bonchev–Trinajstić information content (AvgIpc) is 2.53. The Morgan fingerprint density at radius 2 is 1.92 bits per heavy atom. The quantitative estimate of drug-likeness (QED) is 0.823. The maximum absolute atomic E-state index is 12.1. The van der Waals surface area contributed by atoms with Gasteiger partial charge in [-0.05, 0) is 50.1 Å². The molecule has 0 saturated heterocycles. The van der Waals surface area contributed by atoms with E-state index in [0.29, 0.717) is 11.3 Å². The van der Waals surface area contributed by atoms with E-state index in [9.17, 15) is 13.2 Å². The van der Waals surface area contributed by atoms with Crippen LogP contribution in [0.3, 0.4) is 0 Å². The summed E-state index contributed by atoms with van der Waals surface area (Å²) in [4.78, 5) is 12.1. The number of hydrogen-bond acceptors (Lipinski definition) is 4. The van der Waals surface area contributed by atoms with E-state index in [2.05, 4.69) is 5.32 Å². The number of primary sulfonamides is 1. The van der Waals surface area contributed by atoms with E-state index < -0.39 is 10.0 Å². The normalized spacial score (nSPS) is 12.5. The van der Waals surface area contributed by atoms with Gasteiger partial charge >= 0.3 is 0 Å². The van der Waals surface area contributed by atoms with Gasteiger partial charge in [0.25, 0.3) is 5.91 Å². The Morgan fingerprint density at radius 1 is 1.20 bits per heavy atom. The van der Waals surface area contributed by atoms with Gasteiger partial charge in [0.2, 0.25) is 10.0 Å². The Balaban J connectivity index is 1.98. The number of sulfonamides is 1. The second kappa shape index (κ2) is 7.67. The van der Waals surface area contributed by atoms with Crippen molar-refractivity contribution >= 4 is 15.9 Å². The highest BCUT2D eigenvalue weighted by Gasteiger charge is 2.14. The van der Waals surface area contributed by atoms with Gasteiger partial charge in [-0.3, -0.25) is 4.79 Å². The van der Waals surface area contributed by atoms with Gasteiger partial charge in [-0.15, -0.1) is 0 Å². The number of carbonyl (C=O) groups is 1. The zero-order valence-electron chi connectivity index (χ0n) is 14.4. The number of ether oxygens (including phenoxy) is 1. The molecule has 0 spiro atoms. The van der Waals surface area contributed by atoms with E-state index >= 15 is 0 Å². The monoisotopic (exact) mass is 362 g/mol. The molecule has 3 N–H and O–H groups in total. The molecular formula is C18H22N2O4S. The Bertz CT molecular complexity index is 878. The van der Waals surface area contributed by atoms with Crippen molar-refractivity contribution in [3.05, 3.63) is 59.2 Å². The summed E-state index contributed by atoms with van der Waals surface area (Å²) in [5, 5.41) is 7.91. The molecule has 2 rings (SSSR count). The maximum atomic E-state index is 12.1. The van der Waals surface area contributed by atoms with E-state index in [1.165, 1.54) is 12.1 Å². The highest BCUT2D eigenvalue weighted by molar-refractivity contribution is 7.89. The molecule has 0 fully saturated rings. The van der Waals surface area contributed by atoms with Crippen molar-refractivity contribution in [1.82, 2.24) is 5.32 Å². The molecule has 0 aromatic heterocycles. The topological polar surface area (TPSA) is 98.5 Å². The van der Waals surface area contributed by atoms with Crippen molar-refractivity contribution in [2.75, 3.05) is 6.61 Å². The minimum Gasteiger partial charge on any atom is -0.484 e. The van der Waals surface area contributed by atoms with Crippen LogP contribution < -0.4 is 15.2 Å². The van der Waals surface area contributed by atoms with E-state index in [1.54, 1.807) is 19.1 Å². The van der Waals surface area contributed by atoms with E-state index in [0.717, 1.165) is 11.1 Å². The molecule has 0 bridgehead atoms. The van der Waals surface area contributed by atoms with Crippen LogP contribution in [0.5, 0.6) is 5.75 Å². The molecule has 25 heavy (non-hydrogen) atoms. The van der Waals surface area contributed by atoms with Crippen molar-refractivity contribution in [3.63, 3.8) is 0 Å². The number of nitrogens with two attached hydrogens (primary N) is 1. The van der Waals surface area contributed by atoms with E-state index in [1.807, 2.05) is 32.0 Å². The minimum atomic E-state index is -3.78. The van der Waals surface area contributed by atoms with E-state index in [4.69, 9.17) is 9.88 Å². The molecule has 0 aliphatic carbocycles. The third-order valence-electron chi connectivity index (χ3n) is 3.75. The van der Waals surface area contributed by atoms with Gasteiger partial charge in [-0.1, -0.05) is 29.8 Å². The molecule has 7 heteroatoms. The van der Waals surface area contributed by atoms with Crippen LogP contribution in [-0.2, 0) is 14.8 Å². The first-order valence-corrected chi connectivity index (χ1v) is 9.33. The fourth-order valence-electron chi connectivity index (χ4n) is 2.43. The molecule has 2 aromatic rings. The second-order valence-corrected chi connectivity index (χ2v) is 7.53. The smallest absolute Gasteiger partial charge is 0.258 e. The lowest BCUT2D eigenvalue weighted by atomic mass is 10.1. The molecule has 0 saturated carbocycles. The number of benzene rings is 2. The Kier molecular flexibility index (Phi) is 5.81. The Labute approximate surface area is 148 Å². The zero-order valence-corrected chi connectivity index (χ0v) is 15.3. The molecule has 2 aromatic carbocycles. The third-order valence-corrected chi connectivity index (χ3v) is 4.66.